The first-order valence-electron chi connectivity index (χ1n) is 6.57. The summed E-state index contributed by atoms with van der Waals surface area (Å²) in [5, 5.41) is 14.7. The second-order valence-electron chi connectivity index (χ2n) is 5.33. The normalized spacial score (nSPS) is 20.3. The van der Waals surface area contributed by atoms with Crippen LogP contribution in [-0.4, -0.2) is 39.0 Å². The van der Waals surface area contributed by atoms with Gasteiger partial charge < -0.3 is 5.11 Å². The molecule has 1 atom stereocenters. The summed E-state index contributed by atoms with van der Waals surface area (Å²) in [7, 11) is 1.87. The SMILES string of the molecule is Cc1nn(C)c(Cl)c1CN1CCC(C(C)O)CC1. The summed E-state index contributed by atoms with van der Waals surface area (Å²) in [6, 6.07) is 0. The van der Waals surface area contributed by atoms with E-state index in [0.717, 1.165) is 48.9 Å². The van der Waals surface area contributed by atoms with Crippen LogP contribution in [0.2, 0.25) is 5.15 Å². The van der Waals surface area contributed by atoms with Gasteiger partial charge in [0.05, 0.1) is 11.8 Å². The summed E-state index contributed by atoms with van der Waals surface area (Å²) in [6.07, 6.45) is 1.94. The number of aryl methyl sites for hydroxylation is 2. The van der Waals surface area contributed by atoms with Crippen molar-refractivity contribution in [1.82, 2.24) is 14.7 Å². The van der Waals surface area contributed by atoms with Gasteiger partial charge in [-0.05, 0) is 45.7 Å². The van der Waals surface area contributed by atoms with Crippen LogP contribution in [0.3, 0.4) is 0 Å². The quantitative estimate of drug-likeness (QED) is 0.914. The Balaban J connectivity index is 1.95. The van der Waals surface area contributed by atoms with Crippen molar-refractivity contribution in [3.05, 3.63) is 16.4 Å². The minimum Gasteiger partial charge on any atom is -0.393 e. The number of likely N-dealkylation sites (tertiary alicyclic amines) is 1. The number of hydrogen-bond donors (Lipinski definition) is 1. The van der Waals surface area contributed by atoms with E-state index in [2.05, 4.69) is 10.00 Å². The molecule has 2 rings (SSSR count). The summed E-state index contributed by atoms with van der Waals surface area (Å²) in [6.45, 7) is 6.82. The summed E-state index contributed by atoms with van der Waals surface area (Å²) in [5.74, 6) is 0.451. The molecule has 1 N–H and O–H groups in total. The number of aliphatic hydroxyl groups is 1. The molecule has 1 aromatic heterocycles. The van der Waals surface area contributed by atoms with Gasteiger partial charge >= 0.3 is 0 Å². The molecule has 102 valence electrons. The maximum atomic E-state index is 9.59. The van der Waals surface area contributed by atoms with Crippen molar-refractivity contribution < 1.29 is 5.11 Å². The van der Waals surface area contributed by atoms with E-state index in [4.69, 9.17) is 11.6 Å². The molecule has 1 unspecified atom stereocenters. The Bertz CT molecular complexity index is 409. The lowest BCUT2D eigenvalue weighted by molar-refractivity contribution is 0.0695. The van der Waals surface area contributed by atoms with Crippen molar-refractivity contribution >= 4 is 11.6 Å². The predicted molar refractivity (Wildman–Crippen MR) is 72.6 cm³/mol. The fourth-order valence-electron chi connectivity index (χ4n) is 2.67. The van der Waals surface area contributed by atoms with Crippen molar-refractivity contribution in [2.45, 2.75) is 39.3 Å². The monoisotopic (exact) mass is 271 g/mol. The number of nitrogens with zero attached hydrogens (tertiary/aromatic N) is 3. The first kappa shape index (κ1) is 13.8. The molecule has 4 nitrogen and oxygen atoms in total. The highest BCUT2D eigenvalue weighted by Crippen LogP contribution is 2.25. The van der Waals surface area contributed by atoms with E-state index >= 15 is 0 Å². The third-order valence-corrected chi connectivity index (χ3v) is 4.44. The molecule has 0 spiro atoms. The largest absolute Gasteiger partial charge is 0.393 e. The van der Waals surface area contributed by atoms with Crippen LogP contribution in [0.4, 0.5) is 0 Å². The molecular weight excluding hydrogens is 250 g/mol. The van der Waals surface area contributed by atoms with Crippen LogP contribution >= 0.6 is 11.6 Å². The van der Waals surface area contributed by atoms with Crippen LogP contribution < -0.4 is 0 Å². The second kappa shape index (κ2) is 5.59. The Morgan fingerprint density at radius 3 is 2.50 bits per heavy atom. The Labute approximate surface area is 114 Å². The lowest BCUT2D eigenvalue weighted by atomic mass is 9.92. The van der Waals surface area contributed by atoms with Gasteiger partial charge in [-0.2, -0.15) is 5.10 Å². The molecule has 2 heterocycles. The van der Waals surface area contributed by atoms with Crippen LogP contribution in [0.25, 0.3) is 0 Å². The highest BCUT2D eigenvalue weighted by molar-refractivity contribution is 6.30. The van der Waals surface area contributed by atoms with Gasteiger partial charge in [0.25, 0.3) is 0 Å². The topological polar surface area (TPSA) is 41.3 Å². The zero-order chi connectivity index (χ0) is 13.3. The van der Waals surface area contributed by atoms with Crippen LogP contribution in [0.15, 0.2) is 0 Å². The van der Waals surface area contributed by atoms with Crippen LogP contribution in [0.1, 0.15) is 31.0 Å². The van der Waals surface area contributed by atoms with Gasteiger partial charge in [0.2, 0.25) is 0 Å². The Morgan fingerprint density at radius 2 is 2.06 bits per heavy atom. The minimum atomic E-state index is -0.184. The van der Waals surface area contributed by atoms with Gasteiger partial charge in [-0.15, -0.1) is 0 Å². The Hall–Kier alpha value is -0.580. The molecule has 1 aliphatic rings. The smallest absolute Gasteiger partial charge is 0.131 e. The molecular formula is C13H22ClN3O. The molecule has 0 bridgehead atoms. The van der Waals surface area contributed by atoms with Crippen LogP contribution in [0.5, 0.6) is 0 Å². The van der Waals surface area contributed by atoms with Crippen molar-refractivity contribution in [3.63, 3.8) is 0 Å². The number of aromatic nitrogens is 2. The molecule has 0 aliphatic carbocycles. The van der Waals surface area contributed by atoms with E-state index in [1.54, 1.807) is 4.68 Å². The molecule has 1 aromatic rings. The van der Waals surface area contributed by atoms with Gasteiger partial charge in [-0.1, -0.05) is 11.6 Å². The number of hydrogen-bond acceptors (Lipinski definition) is 3. The average molecular weight is 272 g/mol. The average Bonchev–Trinajstić information content (AvgIpc) is 2.57. The van der Waals surface area contributed by atoms with E-state index in [1.165, 1.54) is 0 Å². The van der Waals surface area contributed by atoms with Crippen molar-refractivity contribution in [2.24, 2.45) is 13.0 Å². The molecule has 0 saturated carbocycles. The van der Waals surface area contributed by atoms with Crippen LogP contribution in [-0.2, 0) is 13.6 Å². The molecule has 5 heteroatoms. The number of halogens is 1. The molecule has 1 saturated heterocycles. The summed E-state index contributed by atoms with van der Waals surface area (Å²) in [4.78, 5) is 2.40. The first-order chi connectivity index (χ1) is 8.49. The Kier molecular flexibility index (Phi) is 4.30. The van der Waals surface area contributed by atoms with Crippen molar-refractivity contribution in [1.29, 1.82) is 0 Å². The minimum absolute atomic E-state index is 0.184. The molecule has 1 fully saturated rings. The Morgan fingerprint density at radius 1 is 1.44 bits per heavy atom. The maximum absolute atomic E-state index is 9.59. The highest BCUT2D eigenvalue weighted by Gasteiger charge is 2.24. The second-order valence-corrected chi connectivity index (χ2v) is 5.69. The zero-order valence-corrected chi connectivity index (χ0v) is 12.1. The third-order valence-electron chi connectivity index (χ3n) is 3.97. The number of aliphatic hydroxyl groups excluding tert-OH is 1. The fourth-order valence-corrected chi connectivity index (χ4v) is 2.90. The number of rotatable bonds is 3. The maximum Gasteiger partial charge on any atom is 0.131 e. The van der Waals surface area contributed by atoms with Gasteiger partial charge in [0.1, 0.15) is 5.15 Å². The molecule has 0 radical (unpaired) electrons. The first-order valence-corrected chi connectivity index (χ1v) is 6.95. The lowest BCUT2D eigenvalue weighted by Gasteiger charge is -2.33. The molecule has 0 amide bonds. The van der Waals surface area contributed by atoms with Gasteiger partial charge in [-0.3, -0.25) is 9.58 Å². The fraction of sp³-hybridized carbons (Fsp3) is 0.769. The van der Waals surface area contributed by atoms with E-state index < -0.39 is 0 Å². The molecule has 1 aliphatic heterocycles. The molecule has 0 aromatic carbocycles. The van der Waals surface area contributed by atoms with Crippen LogP contribution in [0, 0.1) is 12.8 Å². The number of piperidine rings is 1. The van der Waals surface area contributed by atoms with Crippen molar-refractivity contribution in [2.75, 3.05) is 13.1 Å². The summed E-state index contributed by atoms with van der Waals surface area (Å²) >= 11 is 6.25. The van der Waals surface area contributed by atoms with E-state index in [1.807, 2.05) is 20.9 Å². The van der Waals surface area contributed by atoms with E-state index in [9.17, 15) is 5.11 Å². The standard InChI is InChI=1S/C13H22ClN3O/c1-9-12(13(14)16(3)15-9)8-17-6-4-11(5-7-17)10(2)18/h10-11,18H,4-8H2,1-3H3. The van der Waals surface area contributed by atoms with E-state index in [-0.39, 0.29) is 6.10 Å². The summed E-state index contributed by atoms with van der Waals surface area (Å²) < 4.78 is 1.73. The van der Waals surface area contributed by atoms with Gasteiger partial charge in [0.15, 0.2) is 0 Å². The zero-order valence-electron chi connectivity index (χ0n) is 11.4. The van der Waals surface area contributed by atoms with Crippen molar-refractivity contribution in [3.8, 4) is 0 Å². The highest BCUT2D eigenvalue weighted by atomic mass is 35.5. The molecule has 18 heavy (non-hydrogen) atoms. The van der Waals surface area contributed by atoms with E-state index in [0.29, 0.717) is 5.92 Å². The van der Waals surface area contributed by atoms with Gasteiger partial charge in [0, 0.05) is 19.2 Å². The lowest BCUT2D eigenvalue weighted by Crippen LogP contribution is -2.36. The third kappa shape index (κ3) is 2.87. The predicted octanol–water partition coefficient (Wildman–Crippen LogP) is 1.97. The van der Waals surface area contributed by atoms with Gasteiger partial charge in [-0.25, -0.2) is 0 Å². The summed E-state index contributed by atoms with van der Waals surface area (Å²) in [5.41, 5.74) is 2.15.